The molecule has 0 N–H and O–H groups in total. The van der Waals surface area contributed by atoms with Gasteiger partial charge in [-0.15, -0.1) is 0 Å². The van der Waals surface area contributed by atoms with Crippen LogP contribution in [0.2, 0.25) is 0 Å². The van der Waals surface area contributed by atoms with Gasteiger partial charge in [0.25, 0.3) is 0 Å². The van der Waals surface area contributed by atoms with E-state index in [1.165, 1.54) is 11.6 Å². The Kier molecular flexibility index (Phi) is 3.74. The van der Waals surface area contributed by atoms with E-state index < -0.39 is 17.8 Å². The van der Waals surface area contributed by atoms with Gasteiger partial charge in [-0.1, -0.05) is 24.3 Å². The number of carbonyl (C=O) groups is 2. The molecule has 1 aromatic heterocycles. The number of esters is 2. The van der Waals surface area contributed by atoms with Crippen molar-refractivity contribution in [3.05, 3.63) is 58.9 Å². The van der Waals surface area contributed by atoms with Gasteiger partial charge in [0.15, 0.2) is 0 Å². The Labute approximate surface area is 167 Å². The van der Waals surface area contributed by atoms with Crippen molar-refractivity contribution in [2.75, 3.05) is 13.6 Å². The quantitative estimate of drug-likeness (QED) is 0.484. The number of benzene rings is 2. The van der Waals surface area contributed by atoms with Crippen molar-refractivity contribution in [3.8, 4) is 11.3 Å². The second kappa shape index (κ2) is 6.00. The highest BCUT2D eigenvalue weighted by Crippen LogP contribution is 2.41. The number of carbonyl (C=O) groups excluding carboxylic acids is 2. The molecule has 0 saturated carbocycles. The molecular formula is C23H21FN2O3. The van der Waals surface area contributed by atoms with Crippen molar-refractivity contribution in [2.24, 2.45) is 7.05 Å². The van der Waals surface area contributed by atoms with Crippen LogP contribution in [-0.4, -0.2) is 35.0 Å². The number of rotatable bonds is 2. The summed E-state index contributed by atoms with van der Waals surface area (Å²) in [4.78, 5) is 27.1. The van der Waals surface area contributed by atoms with Crippen molar-refractivity contribution in [3.63, 3.8) is 0 Å². The van der Waals surface area contributed by atoms with E-state index in [4.69, 9.17) is 4.74 Å². The van der Waals surface area contributed by atoms with E-state index in [1.807, 2.05) is 12.1 Å². The first-order valence-electron chi connectivity index (χ1n) is 9.72. The third-order valence-corrected chi connectivity index (χ3v) is 6.66. The molecule has 5 nitrogen and oxygen atoms in total. The summed E-state index contributed by atoms with van der Waals surface area (Å²) in [6, 6.07) is 10.6. The molecule has 0 bridgehead atoms. The van der Waals surface area contributed by atoms with Crippen molar-refractivity contribution in [1.29, 1.82) is 0 Å². The van der Waals surface area contributed by atoms with Crippen LogP contribution < -0.4 is 0 Å². The van der Waals surface area contributed by atoms with Crippen molar-refractivity contribution < 1.29 is 18.7 Å². The number of ether oxygens (including phenoxy) is 1. The summed E-state index contributed by atoms with van der Waals surface area (Å²) in [7, 11) is 3.91. The van der Waals surface area contributed by atoms with Crippen LogP contribution in [0.3, 0.4) is 0 Å². The van der Waals surface area contributed by atoms with E-state index in [0.29, 0.717) is 22.2 Å². The minimum absolute atomic E-state index is 0.00658. The third-order valence-electron chi connectivity index (χ3n) is 6.66. The first kappa shape index (κ1) is 18.1. The van der Waals surface area contributed by atoms with Gasteiger partial charge in [-0.05, 0) is 56.6 Å². The van der Waals surface area contributed by atoms with E-state index >= 15 is 0 Å². The van der Waals surface area contributed by atoms with Crippen molar-refractivity contribution in [1.82, 2.24) is 9.47 Å². The molecule has 29 heavy (non-hydrogen) atoms. The summed E-state index contributed by atoms with van der Waals surface area (Å²) >= 11 is 0. The van der Waals surface area contributed by atoms with E-state index in [1.54, 1.807) is 11.6 Å². The third kappa shape index (κ3) is 2.42. The number of likely N-dealkylation sites (tertiary alicyclic amines) is 1. The average molecular weight is 392 g/mol. The number of nitrogens with zero attached hydrogens (tertiary/aromatic N) is 2. The lowest BCUT2D eigenvalue weighted by Gasteiger charge is -2.33. The Bertz CT molecular complexity index is 1200. The highest BCUT2D eigenvalue weighted by atomic mass is 19.1. The largest absolute Gasteiger partial charge is 0.386 e. The zero-order valence-electron chi connectivity index (χ0n) is 16.6. The van der Waals surface area contributed by atoms with Gasteiger partial charge in [-0.2, -0.15) is 0 Å². The minimum atomic E-state index is -0.809. The van der Waals surface area contributed by atoms with E-state index in [0.717, 1.165) is 31.0 Å². The minimum Gasteiger partial charge on any atom is -0.386 e. The van der Waals surface area contributed by atoms with Crippen LogP contribution in [0.15, 0.2) is 36.4 Å². The molecule has 2 aromatic carbocycles. The highest BCUT2D eigenvalue weighted by Gasteiger charge is 2.36. The van der Waals surface area contributed by atoms with Gasteiger partial charge in [-0.3, -0.25) is 4.90 Å². The Balaban J connectivity index is 1.71. The van der Waals surface area contributed by atoms with Gasteiger partial charge >= 0.3 is 11.9 Å². The molecule has 0 aliphatic carbocycles. The number of aryl methyl sites for hydroxylation is 1. The summed E-state index contributed by atoms with van der Waals surface area (Å²) in [6.45, 7) is 3.31. The maximum atomic E-state index is 14.1. The van der Waals surface area contributed by atoms with Gasteiger partial charge in [0.05, 0.1) is 22.3 Å². The van der Waals surface area contributed by atoms with Gasteiger partial charge in [0, 0.05) is 18.0 Å². The summed E-state index contributed by atoms with van der Waals surface area (Å²) in [6.07, 6.45) is 2.26. The van der Waals surface area contributed by atoms with Crippen LogP contribution in [0.4, 0.5) is 4.39 Å². The molecule has 6 heteroatoms. The lowest BCUT2D eigenvalue weighted by molar-refractivity contribution is 0.0391. The molecule has 0 spiro atoms. The fraction of sp³-hybridized carbons (Fsp3) is 0.304. The van der Waals surface area contributed by atoms with Gasteiger partial charge < -0.3 is 9.30 Å². The monoisotopic (exact) mass is 392 g/mol. The van der Waals surface area contributed by atoms with Gasteiger partial charge in [0.2, 0.25) is 0 Å². The molecule has 1 atom stereocenters. The summed E-state index contributed by atoms with van der Waals surface area (Å²) < 4.78 is 20.8. The lowest BCUT2D eigenvalue weighted by atomic mass is 9.88. The molecule has 5 rings (SSSR count). The molecule has 0 radical (unpaired) electrons. The number of cyclic esters (lactones) is 2. The Morgan fingerprint density at radius 2 is 1.79 bits per heavy atom. The molecule has 3 aromatic rings. The van der Waals surface area contributed by atoms with Crippen molar-refractivity contribution >= 4 is 22.8 Å². The van der Waals surface area contributed by atoms with Crippen LogP contribution in [0.5, 0.6) is 0 Å². The molecule has 148 valence electrons. The van der Waals surface area contributed by atoms with Crippen LogP contribution >= 0.6 is 0 Å². The summed E-state index contributed by atoms with van der Waals surface area (Å²) in [5.74, 6) is -2.04. The van der Waals surface area contributed by atoms with E-state index in [2.05, 4.69) is 31.0 Å². The summed E-state index contributed by atoms with van der Waals surface area (Å²) in [5.41, 5.74) is 3.57. The topological polar surface area (TPSA) is 51.5 Å². The molecule has 3 heterocycles. The molecule has 2 aliphatic heterocycles. The predicted molar refractivity (Wildman–Crippen MR) is 107 cm³/mol. The zero-order valence-corrected chi connectivity index (χ0v) is 16.6. The maximum Gasteiger partial charge on any atom is 0.348 e. The normalized spacial score (nSPS) is 21.8. The Morgan fingerprint density at radius 1 is 1.07 bits per heavy atom. The summed E-state index contributed by atoms with van der Waals surface area (Å²) in [5, 5.41) is 0.455. The predicted octanol–water partition coefficient (Wildman–Crippen LogP) is 4.24. The van der Waals surface area contributed by atoms with E-state index in [9.17, 15) is 14.0 Å². The molecular weight excluding hydrogens is 371 g/mol. The lowest BCUT2D eigenvalue weighted by Crippen LogP contribution is -2.35. The fourth-order valence-corrected chi connectivity index (χ4v) is 4.86. The zero-order chi connectivity index (χ0) is 20.5. The second-order valence-corrected chi connectivity index (χ2v) is 8.18. The van der Waals surface area contributed by atoms with Crippen LogP contribution in [0, 0.1) is 5.82 Å². The smallest absolute Gasteiger partial charge is 0.348 e. The molecule has 1 unspecified atom stereocenters. The van der Waals surface area contributed by atoms with Gasteiger partial charge in [0.1, 0.15) is 5.82 Å². The highest BCUT2D eigenvalue weighted by molar-refractivity contribution is 6.23. The standard InChI is InChI=1S/C23H21FN2O3/c1-23(9-4-10-25(23)2)14-7-5-13(6-8-14)20-19-18-16(21(27)29-22(19)28)11-15(24)12-17(18)26(20)3/h5-8,11-12H,4,9-10H2,1-3H3. The molecule has 1 fully saturated rings. The second-order valence-electron chi connectivity index (χ2n) is 8.18. The van der Waals surface area contributed by atoms with Gasteiger partial charge in [-0.25, -0.2) is 14.0 Å². The number of halogens is 1. The SMILES string of the molecule is CN1CCCC1(C)c1ccc(-c2c3c4c(cc(F)cc4n2C)C(=O)OC3=O)cc1. The Hall–Kier alpha value is -2.99. The number of hydrogen-bond donors (Lipinski definition) is 0. The molecule has 1 saturated heterocycles. The van der Waals surface area contributed by atoms with Crippen molar-refractivity contribution in [2.45, 2.75) is 25.3 Å². The first-order valence-corrected chi connectivity index (χ1v) is 9.72. The first-order chi connectivity index (χ1) is 13.8. The fourth-order valence-electron chi connectivity index (χ4n) is 4.86. The number of hydrogen-bond acceptors (Lipinski definition) is 4. The molecule has 0 amide bonds. The molecule has 2 aliphatic rings. The van der Waals surface area contributed by atoms with Crippen LogP contribution in [-0.2, 0) is 17.3 Å². The van der Waals surface area contributed by atoms with Crippen LogP contribution in [0.25, 0.3) is 22.2 Å². The van der Waals surface area contributed by atoms with Crippen LogP contribution in [0.1, 0.15) is 46.0 Å². The van der Waals surface area contributed by atoms with E-state index in [-0.39, 0.29) is 11.1 Å². The number of aromatic nitrogens is 1. The maximum absolute atomic E-state index is 14.1. The average Bonchev–Trinajstić information content (AvgIpc) is 3.18. The Morgan fingerprint density at radius 3 is 2.45 bits per heavy atom.